The average Bonchev–Trinajstić information content (AvgIpc) is 2.48. The molecular formula is C16H14N2O. The first-order chi connectivity index (χ1) is 9.29. The van der Waals surface area contributed by atoms with Crippen molar-refractivity contribution in [3.8, 4) is 16.9 Å². The van der Waals surface area contributed by atoms with Crippen molar-refractivity contribution in [2.75, 3.05) is 12.8 Å². The van der Waals surface area contributed by atoms with Crippen LogP contribution in [-0.2, 0) is 0 Å². The molecule has 0 radical (unpaired) electrons. The summed E-state index contributed by atoms with van der Waals surface area (Å²) in [5.74, 6) is 0.852. The summed E-state index contributed by atoms with van der Waals surface area (Å²) >= 11 is 0. The topological polar surface area (TPSA) is 48.1 Å². The molecule has 19 heavy (non-hydrogen) atoms. The molecule has 3 aromatic rings. The lowest BCUT2D eigenvalue weighted by molar-refractivity contribution is 0.415. The van der Waals surface area contributed by atoms with Crippen LogP contribution in [0.1, 0.15) is 0 Å². The summed E-state index contributed by atoms with van der Waals surface area (Å²) in [6, 6.07) is 14.0. The predicted octanol–water partition coefficient (Wildman–Crippen LogP) is 3.49. The van der Waals surface area contributed by atoms with Gasteiger partial charge in [-0.25, -0.2) is 0 Å². The summed E-state index contributed by atoms with van der Waals surface area (Å²) in [6.45, 7) is 0. The van der Waals surface area contributed by atoms with E-state index < -0.39 is 0 Å². The molecule has 0 atom stereocenters. The van der Waals surface area contributed by atoms with E-state index in [1.165, 1.54) is 0 Å². The summed E-state index contributed by atoms with van der Waals surface area (Å²) in [7, 11) is 1.67. The van der Waals surface area contributed by atoms with Crippen LogP contribution in [0.3, 0.4) is 0 Å². The van der Waals surface area contributed by atoms with E-state index in [2.05, 4.69) is 4.98 Å². The van der Waals surface area contributed by atoms with Gasteiger partial charge in [-0.05, 0) is 40.8 Å². The third-order valence-electron chi connectivity index (χ3n) is 3.25. The first-order valence-corrected chi connectivity index (χ1v) is 6.06. The molecule has 0 saturated carbocycles. The van der Waals surface area contributed by atoms with Gasteiger partial charge in [0.05, 0.1) is 7.11 Å². The Balaban J connectivity index is 2.21. The molecule has 3 nitrogen and oxygen atoms in total. The largest absolute Gasteiger partial charge is 0.497 e. The number of nitrogen functional groups attached to an aromatic ring is 1. The number of anilines is 1. The molecule has 1 heterocycles. The summed E-state index contributed by atoms with van der Waals surface area (Å²) in [4.78, 5) is 4.14. The number of benzene rings is 2. The van der Waals surface area contributed by atoms with Gasteiger partial charge in [0, 0.05) is 23.5 Å². The minimum absolute atomic E-state index is 0.750. The van der Waals surface area contributed by atoms with E-state index in [1.807, 2.05) is 42.5 Å². The number of hydrogen-bond acceptors (Lipinski definition) is 3. The normalized spacial score (nSPS) is 10.6. The quantitative estimate of drug-likeness (QED) is 0.708. The van der Waals surface area contributed by atoms with Gasteiger partial charge in [-0.1, -0.05) is 18.2 Å². The number of hydrogen-bond donors (Lipinski definition) is 1. The fourth-order valence-electron chi connectivity index (χ4n) is 2.23. The highest BCUT2D eigenvalue weighted by Gasteiger charge is 2.06. The molecule has 94 valence electrons. The number of ether oxygens (including phenoxy) is 1. The zero-order valence-electron chi connectivity index (χ0n) is 10.6. The van der Waals surface area contributed by atoms with E-state index in [0.29, 0.717) is 0 Å². The van der Waals surface area contributed by atoms with E-state index in [-0.39, 0.29) is 0 Å². The maximum absolute atomic E-state index is 5.99. The van der Waals surface area contributed by atoms with Crippen molar-refractivity contribution in [3.05, 3.63) is 54.9 Å². The smallest absolute Gasteiger partial charge is 0.118 e. The minimum Gasteiger partial charge on any atom is -0.497 e. The van der Waals surface area contributed by atoms with E-state index in [0.717, 1.165) is 33.3 Å². The molecule has 0 aliphatic heterocycles. The standard InChI is InChI=1S/C16H14N2O/c1-19-12-4-2-11(3-5-12)13-6-7-16(17)15-10-18-9-8-14(13)15/h2-10H,17H2,1H3. The second kappa shape index (κ2) is 4.61. The van der Waals surface area contributed by atoms with E-state index in [9.17, 15) is 0 Å². The minimum atomic E-state index is 0.750. The molecule has 2 N–H and O–H groups in total. The Labute approximate surface area is 111 Å². The summed E-state index contributed by atoms with van der Waals surface area (Å²) in [5, 5.41) is 2.09. The molecule has 0 aliphatic rings. The molecule has 2 aromatic carbocycles. The lowest BCUT2D eigenvalue weighted by atomic mass is 9.98. The predicted molar refractivity (Wildman–Crippen MR) is 78.1 cm³/mol. The van der Waals surface area contributed by atoms with Crippen molar-refractivity contribution in [2.45, 2.75) is 0 Å². The van der Waals surface area contributed by atoms with Gasteiger partial charge in [0.15, 0.2) is 0 Å². The van der Waals surface area contributed by atoms with Crippen molar-refractivity contribution in [1.82, 2.24) is 4.98 Å². The van der Waals surface area contributed by atoms with Crippen molar-refractivity contribution >= 4 is 16.5 Å². The molecule has 3 heteroatoms. The molecule has 0 fully saturated rings. The van der Waals surface area contributed by atoms with Crippen LogP contribution in [0.5, 0.6) is 5.75 Å². The average molecular weight is 250 g/mol. The highest BCUT2D eigenvalue weighted by Crippen LogP contribution is 2.32. The van der Waals surface area contributed by atoms with Crippen molar-refractivity contribution in [3.63, 3.8) is 0 Å². The van der Waals surface area contributed by atoms with Gasteiger partial charge >= 0.3 is 0 Å². The number of fused-ring (bicyclic) bond motifs is 1. The lowest BCUT2D eigenvalue weighted by Gasteiger charge is -2.09. The Morgan fingerprint density at radius 1 is 0.947 bits per heavy atom. The third kappa shape index (κ3) is 1.99. The van der Waals surface area contributed by atoms with Crippen LogP contribution >= 0.6 is 0 Å². The summed E-state index contributed by atoms with van der Waals surface area (Å²) in [6.07, 6.45) is 3.59. The molecule has 3 rings (SSSR count). The van der Waals surface area contributed by atoms with Crippen LogP contribution in [0.25, 0.3) is 21.9 Å². The number of nitrogens with two attached hydrogens (primary N) is 1. The first-order valence-electron chi connectivity index (χ1n) is 6.06. The van der Waals surface area contributed by atoms with Crippen LogP contribution in [0.4, 0.5) is 5.69 Å². The molecule has 0 unspecified atom stereocenters. The van der Waals surface area contributed by atoms with Crippen LogP contribution in [0.15, 0.2) is 54.9 Å². The van der Waals surface area contributed by atoms with Crippen LogP contribution in [0, 0.1) is 0 Å². The lowest BCUT2D eigenvalue weighted by Crippen LogP contribution is -1.90. The highest BCUT2D eigenvalue weighted by molar-refractivity contribution is 6.02. The van der Waals surface area contributed by atoms with E-state index >= 15 is 0 Å². The molecule has 0 spiro atoms. The fourth-order valence-corrected chi connectivity index (χ4v) is 2.23. The van der Waals surface area contributed by atoms with Gasteiger partial charge in [-0.3, -0.25) is 4.98 Å². The Morgan fingerprint density at radius 2 is 1.74 bits per heavy atom. The van der Waals surface area contributed by atoms with Gasteiger partial charge in [-0.2, -0.15) is 0 Å². The number of rotatable bonds is 2. The van der Waals surface area contributed by atoms with E-state index in [1.54, 1.807) is 19.5 Å². The fraction of sp³-hybridized carbons (Fsp3) is 0.0625. The van der Waals surface area contributed by atoms with Crippen LogP contribution in [0.2, 0.25) is 0 Å². The Morgan fingerprint density at radius 3 is 2.47 bits per heavy atom. The molecular weight excluding hydrogens is 236 g/mol. The number of methoxy groups -OCH3 is 1. The van der Waals surface area contributed by atoms with Crippen molar-refractivity contribution in [2.24, 2.45) is 0 Å². The van der Waals surface area contributed by atoms with Crippen LogP contribution < -0.4 is 10.5 Å². The van der Waals surface area contributed by atoms with Gasteiger partial charge in [0.1, 0.15) is 5.75 Å². The molecule has 0 aliphatic carbocycles. The number of pyridine rings is 1. The molecule has 0 saturated heterocycles. The van der Waals surface area contributed by atoms with E-state index in [4.69, 9.17) is 10.5 Å². The second-order valence-corrected chi connectivity index (χ2v) is 4.35. The van der Waals surface area contributed by atoms with Crippen LogP contribution in [-0.4, -0.2) is 12.1 Å². The summed E-state index contributed by atoms with van der Waals surface area (Å²) < 4.78 is 5.18. The molecule has 0 bridgehead atoms. The third-order valence-corrected chi connectivity index (χ3v) is 3.25. The number of nitrogens with zero attached hydrogens (tertiary/aromatic N) is 1. The zero-order chi connectivity index (χ0) is 13.2. The zero-order valence-corrected chi connectivity index (χ0v) is 10.6. The molecule has 0 amide bonds. The maximum atomic E-state index is 5.99. The Kier molecular flexibility index (Phi) is 2.80. The number of aromatic nitrogens is 1. The Hall–Kier alpha value is -2.55. The summed E-state index contributed by atoms with van der Waals surface area (Å²) in [5.41, 5.74) is 9.02. The van der Waals surface area contributed by atoms with Gasteiger partial charge < -0.3 is 10.5 Å². The van der Waals surface area contributed by atoms with Gasteiger partial charge in [0.2, 0.25) is 0 Å². The Bertz CT molecular complexity index is 720. The monoisotopic (exact) mass is 250 g/mol. The van der Waals surface area contributed by atoms with Crippen molar-refractivity contribution in [1.29, 1.82) is 0 Å². The first kappa shape index (κ1) is 11.5. The van der Waals surface area contributed by atoms with Gasteiger partial charge in [-0.15, -0.1) is 0 Å². The SMILES string of the molecule is COc1ccc(-c2ccc(N)c3cnccc23)cc1. The molecule has 1 aromatic heterocycles. The second-order valence-electron chi connectivity index (χ2n) is 4.35. The highest BCUT2D eigenvalue weighted by atomic mass is 16.5. The van der Waals surface area contributed by atoms with Gasteiger partial charge in [0.25, 0.3) is 0 Å². The maximum Gasteiger partial charge on any atom is 0.118 e. The van der Waals surface area contributed by atoms with Crippen molar-refractivity contribution < 1.29 is 4.74 Å².